The number of carbonyl (C=O) groups is 1. The minimum atomic E-state index is -0.268. The van der Waals surface area contributed by atoms with Crippen LogP contribution in [0.25, 0.3) is 0 Å². The zero-order valence-electron chi connectivity index (χ0n) is 17.9. The van der Waals surface area contributed by atoms with E-state index in [4.69, 9.17) is 0 Å². The number of carbonyl (C=O) groups excluding carboxylic acids is 1. The molecule has 30 heavy (non-hydrogen) atoms. The Balaban J connectivity index is 1.47. The van der Waals surface area contributed by atoms with Gasteiger partial charge in [-0.3, -0.25) is 4.79 Å². The number of nitrogens with one attached hydrogen (secondary N) is 2. The van der Waals surface area contributed by atoms with Crippen LogP contribution in [0.5, 0.6) is 0 Å². The lowest BCUT2D eigenvalue weighted by molar-refractivity contribution is -0.122. The minimum absolute atomic E-state index is 0.0389. The number of anilines is 2. The standard InChI is InChI=1S/C23H32FN5O/c1-3-12-25-21-14-22(27-16-26-21)29-13-4-5-18(15-29)6-11-23(30)28-17(2)19-7-9-20(24)10-8-19/h7-10,14,16-18H,3-6,11-13,15H2,1-2H3,(H,28,30)(H,25,26,27)/t17-,18-/m0/s1. The molecule has 1 fully saturated rings. The molecular formula is C23H32FN5O. The fourth-order valence-electron chi connectivity index (χ4n) is 3.86. The number of nitrogens with zero attached hydrogens (tertiary/aromatic N) is 3. The molecule has 1 amide bonds. The topological polar surface area (TPSA) is 70.2 Å². The van der Waals surface area contributed by atoms with Crippen molar-refractivity contribution in [3.05, 3.63) is 48.0 Å². The molecule has 3 rings (SSSR count). The molecule has 6 nitrogen and oxygen atoms in total. The van der Waals surface area contributed by atoms with Gasteiger partial charge >= 0.3 is 0 Å². The number of rotatable bonds is 9. The van der Waals surface area contributed by atoms with E-state index in [1.54, 1.807) is 18.5 Å². The highest BCUT2D eigenvalue weighted by molar-refractivity contribution is 5.76. The van der Waals surface area contributed by atoms with Gasteiger partial charge in [-0.2, -0.15) is 0 Å². The fraction of sp³-hybridized carbons (Fsp3) is 0.522. The Bertz CT molecular complexity index is 813. The lowest BCUT2D eigenvalue weighted by Crippen LogP contribution is -2.36. The van der Waals surface area contributed by atoms with E-state index < -0.39 is 0 Å². The van der Waals surface area contributed by atoms with Crippen molar-refractivity contribution in [3.63, 3.8) is 0 Å². The molecule has 2 heterocycles. The van der Waals surface area contributed by atoms with Crippen LogP contribution in [0.15, 0.2) is 36.7 Å². The molecule has 2 aromatic rings. The molecule has 0 aliphatic carbocycles. The summed E-state index contributed by atoms with van der Waals surface area (Å²) in [5.41, 5.74) is 0.907. The second kappa shape index (κ2) is 10.9. The van der Waals surface area contributed by atoms with Gasteiger partial charge in [0, 0.05) is 32.1 Å². The minimum Gasteiger partial charge on any atom is -0.370 e. The van der Waals surface area contributed by atoms with Crippen molar-refractivity contribution in [2.45, 2.75) is 52.0 Å². The van der Waals surface area contributed by atoms with Gasteiger partial charge in [-0.25, -0.2) is 14.4 Å². The van der Waals surface area contributed by atoms with E-state index in [0.29, 0.717) is 12.3 Å². The smallest absolute Gasteiger partial charge is 0.220 e. The van der Waals surface area contributed by atoms with Gasteiger partial charge in [-0.1, -0.05) is 19.1 Å². The monoisotopic (exact) mass is 413 g/mol. The first-order chi connectivity index (χ1) is 14.5. The van der Waals surface area contributed by atoms with Gasteiger partial charge in [0.2, 0.25) is 5.91 Å². The molecule has 1 saturated heterocycles. The first kappa shape index (κ1) is 22.0. The second-order valence-electron chi connectivity index (χ2n) is 8.02. The number of aromatic nitrogens is 2. The van der Waals surface area contributed by atoms with Crippen LogP contribution in [0.4, 0.5) is 16.0 Å². The SMILES string of the molecule is CCCNc1cc(N2CCC[C@@H](CCC(=O)N[C@@H](C)c3ccc(F)cc3)C2)ncn1. The second-order valence-corrected chi connectivity index (χ2v) is 8.02. The molecular weight excluding hydrogens is 381 g/mol. The molecule has 1 aliphatic heterocycles. The zero-order valence-corrected chi connectivity index (χ0v) is 17.9. The Hall–Kier alpha value is -2.70. The van der Waals surface area contributed by atoms with Crippen LogP contribution >= 0.6 is 0 Å². The largest absolute Gasteiger partial charge is 0.370 e. The van der Waals surface area contributed by atoms with Crippen LogP contribution < -0.4 is 15.5 Å². The van der Waals surface area contributed by atoms with E-state index in [1.165, 1.54) is 12.1 Å². The number of halogens is 1. The number of benzene rings is 1. The maximum atomic E-state index is 13.1. The van der Waals surface area contributed by atoms with E-state index in [1.807, 2.05) is 13.0 Å². The van der Waals surface area contributed by atoms with Gasteiger partial charge in [0.1, 0.15) is 23.8 Å². The summed E-state index contributed by atoms with van der Waals surface area (Å²) >= 11 is 0. The predicted octanol–water partition coefficient (Wildman–Crippen LogP) is 4.31. The van der Waals surface area contributed by atoms with Crippen molar-refractivity contribution >= 4 is 17.5 Å². The normalized spacial score (nSPS) is 17.4. The van der Waals surface area contributed by atoms with Gasteiger partial charge in [0.25, 0.3) is 0 Å². The Morgan fingerprint density at radius 3 is 2.87 bits per heavy atom. The van der Waals surface area contributed by atoms with Gasteiger partial charge < -0.3 is 15.5 Å². The fourth-order valence-corrected chi connectivity index (χ4v) is 3.86. The molecule has 162 valence electrons. The molecule has 0 saturated carbocycles. The maximum absolute atomic E-state index is 13.1. The van der Waals surface area contributed by atoms with Crippen molar-refractivity contribution in [3.8, 4) is 0 Å². The Morgan fingerprint density at radius 2 is 2.10 bits per heavy atom. The quantitative estimate of drug-likeness (QED) is 0.641. The first-order valence-electron chi connectivity index (χ1n) is 10.9. The highest BCUT2D eigenvalue weighted by Gasteiger charge is 2.22. The average molecular weight is 414 g/mol. The third kappa shape index (κ3) is 6.40. The summed E-state index contributed by atoms with van der Waals surface area (Å²) in [6, 6.07) is 8.15. The van der Waals surface area contributed by atoms with E-state index in [0.717, 1.165) is 62.5 Å². The Morgan fingerprint density at radius 1 is 1.30 bits per heavy atom. The van der Waals surface area contributed by atoms with Crippen LogP contribution in [-0.2, 0) is 4.79 Å². The highest BCUT2D eigenvalue weighted by atomic mass is 19.1. The summed E-state index contributed by atoms with van der Waals surface area (Å²) in [4.78, 5) is 23.4. The third-order valence-electron chi connectivity index (χ3n) is 5.58. The molecule has 0 unspecified atom stereocenters. The summed E-state index contributed by atoms with van der Waals surface area (Å²) in [6.45, 7) is 6.83. The maximum Gasteiger partial charge on any atom is 0.220 e. The summed E-state index contributed by atoms with van der Waals surface area (Å²) in [6.07, 6.45) is 6.24. The van der Waals surface area contributed by atoms with E-state index >= 15 is 0 Å². The number of hydrogen-bond donors (Lipinski definition) is 2. The molecule has 7 heteroatoms. The van der Waals surface area contributed by atoms with Crippen molar-refractivity contribution in [1.82, 2.24) is 15.3 Å². The van der Waals surface area contributed by atoms with Crippen LogP contribution in [0.1, 0.15) is 57.6 Å². The van der Waals surface area contributed by atoms with Crippen LogP contribution in [-0.4, -0.2) is 35.5 Å². The molecule has 1 aliphatic rings. The van der Waals surface area contributed by atoms with Crippen LogP contribution in [0, 0.1) is 11.7 Å². The van der Waals surface area contributed by atoms with E-state index in [2.05, 4.69) is 32.4 Å². The number of amides is 1. The lowest BCUT2D eigenvalue weighted by atomic mass is 9.93. The molecule has 1 aromatic heterocycles. The van der Waals surface area contributed by atoms with Gasteiger partial charge in [0.15, 0.2) is 0 Å². The highest BCUT2D eigenvalue weighted by Crippen LogP contribution is 2.25. The molecule has 0 bridgehead atoms. The van der Waals surface area contributed by atoms with Gasteiger partial charge in [0.05, 0.1) is 6.04 Å². The molecule has 2 N–H and O–H groups in total. The molecule has 1 aromatic carbocycles. The van der Waals surface area contributed by atoms with E-state index in [-0.39, 0.29) is 17.8 Å². The van der Waals surface area contributed by atoms with Crippen molar-refractivity contribution in [1.29, 1.82) is 0 Å². The van der Waals surface area contributed by atoms with Crippen molar-refractivity contribution in [2.75, 3.05) is 29.9 Å². The Kier molecular flexibility index (Phi) is 7.99. The van der Waals surface area contributed by atoms with E-state index in [9.17, 15) is 9.18 Å². The zero-order chi connectivity index (χ0) is 21.3. The van der Waals surface area contributed by atoms with Crippen molar-refractivity contribution < 1.29 is 9.18 Å². The van der Waals surface area contributed by atoms with Crippen LogP contribution in [0.2, 0.25) is 0 Å². The molecule has 0 spiro atoms. The van der Waals surface area contributed by atoms with Crippen molar-refractivity contribution in [2.24, 2.45) is 5.92 Å². The molecule has 0 radical (unpaired) electrons. The lowest BCUT2D eigenvalue weighted by Gasteiger charge is -2.33. The van der Waals surface area contributed by atoms with Gasteiger partial charge in [-0.05, 0) is 56.2 Å². The number of piperidine rings is 1. The molecule has 2 atom stereocenters. The summed E-state index contributed by atoms with van der Waals surface area (Å²) in [5, 5.41) is 6.33. The third-order valence-corrected chi connectivity index (χ3v) is 5.58. The first-order valence-corrected chi connectivity index (χ1v) is 10.9. The van der Waals surface area contributed by atoms with Crippen LogP contribution in [0.3, 0.4) is 0 Å². The summed E-state index contributed by atoms with van der Waals surface area (Å²) in [5.74, 6) is 2.04. The van der Waals surface area contributed by atoms with Gasteiger partial charge in [-0.15, -0.1) is 0 Å². The summed E-state index contributed by atoms with van der Waals surface area (Å²) < 4.78 is 13.1. The summed E-state index contributed by atoms with van der Waals surface area (Å²) in [7, 11) is 0. The Labute approximate surface area is 178 Å². The predicted molar refractivity (Wildman–Crippen MR) is 118 cm³/mol. The number of hydrogen-bond acceptors (Lipinski definition) is 5. The average Bonchev–Trinajstić information content (AvgIpc) is 2.77.